The molecule has 0 bridgehead atoms. The van der Waals surface area contributed by atoms with E-state index in [4.69, 9.17) is 16.6 Å². The van der Waals surface area contributed by atoms with E-state index in [1.54, 1.807) is 12.1 Å². The lowest BCUT2D eigenvalue weighted by Gasteiger charge is -2.20. The van der Waals surface area contributed by atoms with Gasteiger partial charge in [-0.05, 0) is 19.1 Å². The Bertz CT molecular complexity index is 497. The highest BCUT2D eigenvalue weighted by atomic mass is 16.4. The van der Waals surface area contributed by atoms with Crippen LogP contribution in [0.1, 0.15) is 23.7 Å². The van der Waals surface area contributed by atoms with E-state index in [9.17, 15) is 14.4 Å². The minimum Gasteiger partial charge on any atom is -0.480 e. The van der Waals surface area contributed by atoms with Crippen LogP contribution in [0.4, 0.5) is 5.69 Å². The van der Waals surface area contributed by atoms with Crippen molar-refractivity contribution in [2.75, 3.05) is 5.73 Å². The number of para-hydroxylation sites is 1. The number of carboxylic acid groups (broad SMARTS) is 1. The van der Waals surface area contributed by atoms with E-state index < -0.39 is 29.5 Å². The van der Waals surface area contributed by atoms with Crippen LogP contribution in [0, 0.1) is 0 Å². The van der Waals surface area contributed by atoms with Crippen LogP contribution in [0.3, 0.4) is 0 Å². The Morgan fingerprint density at radius 1 is 1.28 bits per heavy atom. The molecule has 1 aromatic carbocycles. The van der Waals surface area contributed by atoms with Crippen molar-refractivity contribution in [3.05, 3.63) is 29.8 Å². The third-order valence-corrected chi connectivity index (χ3v) is 2.71. The number of Topliss-reactive ketones (excluding diaryl/α,β-unsaturated/α-hetero) is 2. The Hall–Kier alpha value is -2.21. The van der Waals surface area contributed by atoms with Gasteiger partial charge in [-0.2, -0.15) is 0 Å². The Labute approximate surface area is 104 Å². The summed E-state index contributed by atoms with van der Waals surface area (Å²) in [6.07, 6.45) is -0.619. The van der Waals surface area contributed by atoms with Gasteiger partial charge in [0.25, 0.3) is 0 Å². The molecule has 0 amide bonds. The summed E-state index contributed by atoms with van der Waals surface area (Å²) in [5.74, 6) is -2.89. The number of carbonyl (C=O) groups is 3. The van der Waals surface area contributed by atoms with Gasteiger partial charge in [0.2, 0.25) is 0 Å². The smallest absolute Gasteiger partial charge is 0.331 e. The predicted molar refractivity (Wildman–Crippen MR) is 65.0 cm³/mol. The lowest BCUT2D eigenvalue weighted by Crippen LogP contribution is -2.55. The van der Waals surface area contributed by atoms with Gasteiger partial charge in [-0.15, -0.1) is 0 Å². The van der Waals surface area contributed by atoms with Gasteiger partial charge in [-0.1, -0.05) is 12.1 Å². The fourth-order valence-corrected chi connectivity index (χ4v) is 1.45. The third kappa shape index (κ3) is 2.54. The molecule has 0 spiro atoms. The summed E-state index contributed by atoms with van der Waals surface area (Å²) >= 11 is 0. The summed E-state index contributed by atoms with van der Waals surface area (Å²) in [6.45, 7) is 1.04. The van der Waals surface area contributed by atoms with Crippen molar-refractivity contribution in [1.82, 2.24) is 0 Å². The molecular formula is C12H14N2O4. The molecule has 0 aliphatic carbocycles. The van der Waals surface area contributed by atoms with E-state index in [1.807, 2.05) is 0 Å². The normalized spacial score (nSPS) is 13.7. The van der Waals surface area contributed by atoms with Gasteiger partial charge < -0.3 is 16.6 Å². The van der Waals surface area contributed by atoms with E-state index >= 15 is 0 Å². The minimum atomic E-state index is -2.21. The molecule has 0 heterocycles. The fourth-order valence-electron chi connectivity index (χ4n) is 1.45. The van der Waals surface area contributed by atoms with E-state index in [0.29, 0.717) is 0 Å². The minimum absolute atomic E-state index is 0.162. The number of aliphatic carboxylic acids is 1. The van der Waals surface area contributed by atoms with Crippen LogP contribution < -0.4 is 11.5 Å². The van der Waals surface area contributed by atoms with Crippen LogP contribution in [0.2, 0.25) is 0 Å². The molecule has 0 aliphatic rings. The zero-order valence-corrected chi connectivity index (χ0v) is 9.84. The molecule has 1 unspecified atom stereocenters. The average Bonchev–Trinajstić information content (AvgIpc) is 2.28. The molecule has 6 heteroatoms. The van der Waals surface area contributed by atoms with Crippen LogP contribution in [-0.2, 0) is 9.59 Å². The maximum atomic E-state index is 11.9. The molecule has 0 fully saturated rings. The number of nitrogens with two attached hydrogens (primary N) is 2. The quantitative estimate of drug-likeness (QED) is 0.390. The van der Waals surface area contributed by atoms with Crippen molar-refractivity contribution in [2.24, 2.45) is 5.73 Å². The molecule has 0 aliphatic heterocycles. The summed E-state index contributed by atoms with van der Waals surface area (Å²) in [6, 6.07) is 6.21. The molecule has 1 rings (SSSR count). The lowest BCUT2D eigenvalue weighted by molar-refractivity contribution is -0.147. The molecule has 0 saturated heterocycles. The number of hydrogen-bond donors (Lipinski definition) is 3. The van der Waals surface area contributed by atoms with Crippen LogP contribution in [0.25, 0.3) is 0 Å². The SMILES string of the molecule is CC(=O)C(N)(CC(=O)c1ccccc1N)C(=O)O. The summed E-state index contributed by atoms with van der Waals surface area (Å²) in [4.78, 5) is 34.2. The topological polar surface area (TPSA) is 123 Å². The van der Waals surface area contributed by atoms with E-state index in [2.05, 4.69) is 0 Å². The van der Waals surface area contributed by atoms with Gasteiger partial charge in [0.1, 0.15) is 0 Å². The number of rotatable bonds is 5. The number of benzene rings is 1. The monoisotopic (exact) mass is 250 g/mol. The van der Waals surface area contributed by atoms with Crippen molar-refractivity contribution in [3.63, 3.8) is 0 Å². The Morgan fingerprint density at radius 2 is 1.83 bits per heavy atom. The Balaban J connectivity index is 3.04. The zero-order valence-electron chi connectivity index (χ0n) is 9.84. The van der Waals surface area contributed by atoms with Crippen LogP contribution >= 0.6 is 0 Å². The van der Waals surface area contributed by atoms with Gasteiger partial charge in [-0.3, -0.25) is 9.59 Å². The van der Waals surface area contributed by atoms with Crippen LogP contribution in [-0.4, -0.2) is 28.2 Å². The summed E-state index contributed by atoms with van der Waals surface area (Å²) in [5.41, 5.74) is 9.23. The fraction of sp³-hybridized carbons (Fsp3) is 0.250. The molecule has 18 heavy (non-hydrogen) atoms. The largest absolute Gasteiger partial charge is 0.480 e. The molecule has 0 radical (unpaired) electrons. The Morgan fingerprint density at radius 3 is 2.28 bits per heavy atom. The van der Waals surface area contributed by atoms with Crippen LogP contribution in [0.15, 0.2) is 24.3 Å². The lowest BCUT2D eigenvalue weighted by atomic mass is 9.87. The zero-order chi connectivity index (χ0) is 13.9. The van der Waals surface area contributed by atoms with Crippen LogP contribution in [0.5, 0.6) is 0 Å². The molecule has 1 atom stereocenters. The maximum absolute atomic E-state index is 11.9. The van der Waals surface area contributed by atoms with Crippen molar-refractivity contribution in [1.29, 1.82) is 0 Å². The molecule has 0 saturated carbocycles. The molecule has 6 nitrogen and oxygen atoms in total. The first kappa shape index (κ1) is 13.9. The first-order chi connectivity index (χ1) is 8.29. The molecule has 0 aromatic heterocycles. The van der Waals surface area contributed by atoms with E-state index in [-0.39, 0.29) is 11.3 Å². The summed E-state index contributed by atoms with van der Waals surface area (Å²) in [7, 11) is 0. The van der Waals surface area contributed by atoms with Gasteiger partial charge in [0.15, 0.2) is 17.1 Å². The number of nitrogen functional groups attached to an aromatic ring is 1. The molecule has 96 valence electrons. The first-order valence-corrected chi connectivity index (χ1v) is 5.20. The second-order valence-electron chi connectivity index (χ2n) is 4.02. The third-order valence-electron chi connectivity index (χ3n) is 2.71. The van der Waals surface area contributed by atoms with E-state index in [1.165, 1.54) is 12.1 Å². The highest BCUT2D eigenvalue weighted by Gasteiger charge is 2.41. The number of carbonyl (C=O) groups excluding carboxylic acids is 2. The number of hydrogen-bond acceptors (Lipinski definition) is 5. The number of anilines is 1. The van der Waals surface area contributed by atoms with Gasteiger partial charge in [0, 0.05) is 17.7 Å². The predicted octanol–water partition coefficient (Wildman–Crippen LogP) is 0.213. The number of carboxylic acids is 1. The molecule has 1 aromatic rings. The van der Waals surface area contributed by atoms with E-state index in [0.717, 1.165) is 6.92 Å². The summed E-state index contributed by atoms with van der Waals surface area (Å²) in [5, 5.41) is 8.94. The molecular weight excluding hydrogens is 236 g/mol. The second kappa shape index (κ2) is 4.97. The average molecular weight is 250 g/mol. The maximum Gasteiger partial charge on any atom is 0.331 e. The van der Waals surface area contributed by atoms with Gasteiger partial charge in [0.05, 0.1) is 0 Å². The number of ketones is 2. The van der Waals surface area contributed by atoms with Gasteiger partial charge >= 0.3 is 5.97 Å². The van der Waals surface area contributed by atoms with Crippen molar-refractivity contribution < 1.29 is 19.5 Å². The molecule has 5 N–H and O–H groups in total. The van der Waals surface area contributed by atoms with Crippen molar-refractivity contribution >= 4 is 23.2 Å². The second-order valence-corrected chi connectivity index (χ2v) is 4.02. The van der Waals surface area contributed by atoms with Crippen molar-refractivity contribution in [3.8, 4) is 0 Å². The standard InChI is InChI=1S/C12H14N2O4/c1-7(15)12(14,11(17)18)6-10(16)8-4-2-3-5-9(8)13/h2-5H,6,13-14H2,1H3,(H,17,18). The highest BCUT2D eigenvalue weighted by Crippen LogP contribution is 2.18. The highest BCUT2D eigenvalue weighted by molar-refractivity contribution is 6.13. The Kier molecular flexibility index (Phi) is 3.82. The van der Waals surface area contributed by atoms with Crippen molar-refractivity contribution in [2.45, 2.75) is 18.9 Å². The van der Waals surface area contributed by atoms with Gasteiger partial charge in [-0.25, -0.2) is 4.79 Å². The first-order valence-electron chi connectivity index (χ1n) is 5.20. The summed E-state index contributed by atoms with van der Waals surface area (Å²) < 4.78 is 0.